The van der Waals surface area contributed by atoms with Crippen molar-refractivity contribution in [1.29, 1.82) is 0 Å². The van der Waals surface area contributed by atoms with Crippen molar-refractivity contribution in [2.24, 2.45) is 0 Å². The van der Waals surface area contributed by atoms with Crippen LogP contribution in [0, 0.1) is 0 Å². The van der Waals surface area contributed by atoms with Crippen LogP contribution in [0.2, 0.25) is 0 Å². The second-order valence-corrected chi connectivity index (χ2v) is 5.64. The molecule has 0 saturated carbocycles. The first-order valence-electron chi connectivity index (χ1n) is 7.23. The number of nitrogens with zero attached hydrogens (tertiary/aromatic N) is 1. The number of carbonyl (C=O) groups excluding carboxylic acids is 1. The van der Waals surface area contributed by atoms with Gasteiger partial charge in [-0.25, -0.2) is 4.79 Å². The molecule has 0 radical (unpaired) electrons. The van der Waals surface area contributed by atoms with Crippen molar-refractivity contribution in [2.75, 3.05) is 19.6 Å². The minimum Gasteiger partial charge on any atom is -0.371 e. The highest BCUT2D eigenvalue weighted by molar-refractivity contribution is 5.78. The van der Waals surface area contributed by atoms with Gasteiger partial charge in [0.2, 0.25) is 0 Å². The molecule has 1 aromatic rings. The lowest BCUT2D eigenvalue weighted by atomic mass is 9.87. The number of rotatable bonds is 3. The van der Waals surface area contributed by atoms with Gasteiger partial charge in [-0.15, -0.1) is 0 Å². The number of hydrogen-bond acceptors (Lipinski definition) is 3. The molecule has 1 spiro atoms. The monoisotopic (exact) mass is 275 g/mol. The number of urea groups is 1. The van der Waals surface area contributed by atoms with Crippen LogP contribution in [-0.4, -0.2) is 47.4 Å². The number of nitrogens with one attached hydrogen (secondary N) is 2. The molecule has 0 bridgehead atoms. The Hall–Kier alpha value is -1.59. The molecule has 5 heteroatoms. The third-order valence-corrected chi connectivity index (χ3v) is 4.39. The number of aliphatic hydroxyl groups is 1. The van der Waals surface area contributed by atoms with Crippen molar-refractivity contribution in [3.63, 3.8) is 0 Å². The van der Waals surface area contributed by atoms with Crippen molar-refractivity contribution in [3.8, 4) is 0 Å². The largest absolute Gasteiger partial charge is 0.371 e. The van der Waals surface area contributed by atoms with Gasteiger partial charge in [0.15, 0.2) is 6.23 Å². The highest BCUT2D eigenvalue weighted by atomic mass is 16.3. The van der Waals surface area contributed by atoms with Crippen LogP contribution in [-0.2, 0) is 6.42 Å². The molecular formula is C15H21N3O2. The number of piperidine rings is 1. The van der Waals surface area contributed by atoms with Crippen LogP contribution in [0.1, 0.15) is 18.4 Å². The summed E-state index contributed by atoms with van der Waals surface area (Å²) in [5, 5.41) is 16.8. The highest BCUT2D eigenvalue weighted by Crippen LogP contribution is 2.30. The minimum absolute atomic E-state index is 0.143. The van der Waals surface area contributed by atoms with E-state index in [4.69, 9.17) is 0 Å². The Morgan fingerprint density at radius 3 is 2.65 bits per heavy atom. The molecular weight excluding hydrogens is 254 g/mol. The summed E-state index contributed by atoms with van der Waals surface area (Å²) in [6.07, 6.45) is 1.60. The van der Waals surface area contributed by atoms with Crippen LogP contribution in [0.3, 0.4) is 0 Å². The maximum atomic E-state index is 12.1. The van der Waals surface area contributed by atoms with E-state index in [0.717, 1.165) is 32.4 Å². The molecule has 2 aliphatic heterocycles. The number of aliphatic hydroxyl groups excluding tert-OH is 1. The molecule has 1 unspecified atom stereocenters. The molecule has 108 valence electrons. The zero-order chi connectivity index (χ0) is 14.0. The molecule has 2 saturated heterocycles. The molecule has 0 aliphatic carbocycles. The summed E-state index contributed by atoms with van der Waals surface area (Å²) >= 11 is 0. The van der Waals surface area contributed by atoms with E-state index in [2.05, 4.69) is 10.6 Å². The van der Waals surface area contributed by atoms with E-state index in [1.807, 2.05) is 30.3 Å². The number of amides is 2. The van der Waals surface area contributed by atoms with E-state index in [1.165, 1.54) is 5.56 Å². The molecule has 1 aromatic carbocycles. The molecule has 3 rings (SSSR count). The average Bonchev–Trinajstić information content (AvgIpc) is 2.70. The summed E-state index contributed by atoms with van der Waals surface area (Å²) in [5.74, 6) is 0. The van der Waals surface area contributed by atoms with Gasteiger partial charge in [-0.1, -0.05) is 30.3 Å². The van der Waals surface area contributed by atoms with Gasteiger partial charge in [0.05, 0.1) is 5.54 Å². The topological polar surface area (TPSA) is 64.6 Å². The van der Waals surface area contributed by atoms with Gasteiger partial charge in [0, 0.05) is 6.54 Å². The first-order chi connectivity index (χ1) is 9.71. The quantitative estimate of drug-likeness (QED) is 0.760. The smallest absolute Gasteiger partial charge is 0.320 e. The van der Waals surface area contributed by atoms with Gasteiger partial charge in [0.25, 0.3) is 0 Å². The van der Waals surface area contributed by atoms with E-state index >= 15 is 0 Å². The third kappa shape index (κ3) is 2.39. The summed E-state index contributed by atoms with van der Waals surface area (Å²) in [7, 11) is 0. The maximum Gasteiger partial charge on any atom is 0.320 e. The number of carbonyl (C=O) groups is 1. The predicted molar refractivity (Wildman–Crippen MR) is 76.2 cm³/mol. The average molecular weight is 275 g/mol. The SMILES string of the molecule is O=C1NC2(CCNCC2)C(O)N1CCc1ccccc1. The number of benzene rings is 1. The Balaban J connectivity index is 1.66. The van der Waals surface area contributed by atoms with Crippen LogP contribution in [0.15, 0.2) is 30.3 Å². The van der Waals surface area contributed by atoms with E-state index in [1.54, 1.807) is 4.90 Å². The minimum atomic E-state index is -0.721. The van der Waals surface area contributed by atoms with Crippen LogP contribution >= 0.6 is 0 Å². The fourth-order valence-electron chi connectivity index (χ4n) is 3.13. The summed E-state index contributed by atoms with van der Waals surface area (Å²) < 4.78 is 0. The molecule has 5 nitrogen and oxygen atoms in total. The Kier molecular flexibility index (Phi) is 3.63. The second-order valence-electron chi connectivity index (χ2n) is 5.64. The summed E-state index contributed by atoms with van der Waals surface area (Å²) in [5.41, 5.74) is 0.720. The lowest BCUT2D eigenvalue weighted by molar-refractivity contribution is -0.00951. The zero-order valence-electron chi connectivity index (χ0n) is 11.5. The predicted octanol–water partition coefficient (Wildman–Crippen LogP) is 0.695. The van der Waals surface area contributed by atoms with E-state index in [-0.39, 0.29) is 6.03 Å². The highest BCUT2D eigenvalue weighted by Gasteiger charge is 2.50. The second kappa shape index (κ2) is 5.42. The maximum absolute atomic E-state index is 12.1. The Morgan fingerprint density at radius 2 is 1.95 bits per heavy atom. The van der Waals surface area contributed by atoms with Crippen LogP contribution in [0.25, 0.3) is 0 Å². The van der Waals surface area contributed by atoms with Crippen molar-refractivity contribution < 1.29 is 9.90 Å². The Morgan fingerprint density at radius 1 is 1.25 bits per heavy atom. The van der Waals surface area contributed by atoms with Crippen LogP contribution in [0.5, 0.6) is 0 Å². The van der Waals surface area contributed by atoms with E-state index in [9.17, 15) is 9.90 Å². The number of hydrogen-bond donors (Lipinski definition) is 3. The fraction of sp³-hybridized carbons (Fsp3) is 0.533. The first-order valence-corrected chi connectivity index (χ1v) is 7.23. The normalized spacial score (nSPS) is 24.9. The molecule has 2 fully saturated rings. The molecule has 1 atom stereocenters. The molecule has 20 heavy (non-hydrogen) atoms. The molecule has 2 amide bonds. The first kappa shape index (κ1) is 13.4. The van der Waals surface area contributed by atoms with E-state index < -0.39 is 11.8 Å². The van der Waals surface area contributed by atoms with Crippen LogP contribution < -0.4 is 10.6 Å². The van der Waals surface area contributed by atoms with E-state index in [0.29, 0.717) is 6.54 Å². The Bertz CT molecular complexity index is 471. The standard InChI is InChI=1S/C15H21N3O2/c19-13-15(7-9-16-10-8-15)17-14(20)18(13)11-6-12-4-2-1-3-5-12/h1-5,13,16,19H,6-11H2,(H,17,20). The lowest BCUT2D eigenvalue weighted by Crippen LogP contribution is -2.56. The molecule has 0 aromatic heterocycles. The van der Waals surface area contributed by atoms with Crippen LogP contribution in [0.4, 0.5) is 4.79 Å². The lowest BCUT2D eigenvalue weighted by Gasteiger charge is -2.36. The summed E-state index contributed by atoms with van der Waals surface area (Å²) in [6.45, 7) is 2.22. The van der Waals surface area contributed by atoms with Gasteiger partial charge >= 0.3 is 6.03 Å². The van der Waals surface area contributed by atoms with Crippen molar-refractivity contribution in [3.05, 3.63) is 35.9 Å². The molecule has 2 aliphatic rings. The van der Waals surface area contributed by atoms with Crippen molar-refractivity contribution >= 4 is 6.03 Å². The summed E-state index contributed by atoms with van der Waals surface area (Å²) in [6, 6.07) is 9.90. The zero-order valence-corrected chi connectivity index (χ0v) is 11.5. The molecule has 3 N–H and O–H groups in total. The van der Waals surface area contributed by atoms with Gasteiger partial charge in [-0.2, -0.15) is 0 Å². The fourth-order valence-corrected chi connectivity index (χ4v) is 3.13. The summed E-state index contributed by atoms with van der Waals surface area (Å²) in [4.78, 5) is 13.7. The van der Waals surface area contributed by atoms with Gasteiger partial charge in [0.1, 0.15) is 0 Å². The van der Waals surface area contributed by atoms with Gasteiger partial charge in [-0.3, -0.25) is 4.90 Å². The van der Waals surface area contributed by atoms with Gasteiger partial charge < -0.3 is 15.7 Å². The van der Waals surface area contributed by atoms with Gasteiger partial charge in [-0.05, 0) is 37.9 Å². The third-order valence-electron chi connectivity index (χ3n) is 4.39. The Labute approximate surface area is 119 Å². The molecule has 2 heterocycles. The van der Waals surface area contributed by atoms with Crippen molar-refractivity contribution in [2.45, 2.75) is 31.0 Å². The van der Waals surface area contributed by atoms with Crippen molar-refractivity contribution in [1.82, 2.24) is 15.5 Å².